The van der Waals surface area contributed by atoms with Crippen molar-refractivity contribution in [3.05, 3.63) is 71.3 Å². The fourth-order valence-electron chi connectivity index (χ4n) is 2.18. The lowest BCUT2D eigenvalue weighted by Crippen LogP contribution is -1.92. The van der Waals surface area contributed by atoms with Crippen LogP contribution in [0.15, 0.2) is 54.6 Å². The highest BCUT2D eigenvalue weighted by atomic mass is 14.1. The summed E-state index contributed by atoms with van der Waals surface area (Å²) >= 11 is 0. The summed E-state index contributed by atoms with van der Waals surface area (Å²) in [6.07, 6.45) is 5.34. The SMILES string of the molecule is C/C=C/Cc1cc(C)c(C)cc1-c1ccccc1. The molecule has 2 rings (SSSR count). The third-order valence-corrected chi connectivity index (χ3v) is 3.38. The summed E-state index contributed by atoms with van der Waals surface area (Å²) in [7, 11) is 0. The molecule has 0 saturated carbocycles. The molecule has 0 unspecified atom stereocenters. The van der Waals surface area contributed by atoms with E-state index < -0.39 is 0 Å². The Hall–Kier alpha value is -1.82. The van der Waals surface area contributed by atoms with Crippen LogP contribution in [-0.2, 0) is 6.42 Å². The van der Waals surface area contributed by atoms with Crippen LogP contribution in [0.1, 0.15) is 23.6 Å². The highest BCUT2D eigenvalue weighted by molar-refractivity contribution is 5.69. The minimum Gasteiger partial charge on any atom is -0.0913 e. The first-order chi connectivity index (χ1) is 8.72. The molecule has 0 spiro atoms. The van der Waals surface area contributed by atoms with Crippen LogP contribution in [-0.4, -0.2) is 0 Å². The van der Waals surface area contributed by atoms with Gasteiger partial charge in [-0.15, -0.1) is 0 Å². The lowest BCUT2D eigenvalue weighted by Gasteiger charge is -2.12. The van der Waals surface area contributed by atoms with E-state index in [0.717, 1.165) is 6.42 Å². The Kier molecular flexibility index (Phi) is 3.99. The van der Waals surface area contributed by atoms with Crippen molar-refractivity contribution < 1.29 is 0 Å². The molecular weight excluding hydrogens is 216 g/mol. The fraction of sp³-hybridized carbons (Fsp3) is 0.222. The minimum absolute atomic E-state index is 1.00. The van der Waals surface area contributed by atoms with Crippen molar-refractivity contribution in [1.82, 2.24) is 0 Å². The van der Waals surface area contributed by atoms with E-state index in [1.165, 1.54) is 27.8 Å². The van der Waals surface area contributed by atoms with Crippen LogP contribution in [0.25, 0.3) is 11.1 Å². The van der Waals surface area contributed by atoms with E-state index in [-0.39, 0.29) is 0 Å². The summed E-state index contributed by atoms with van der Waals surface area (Å²) in [5.41, 5.74) is 6.80. The Balaban J connectivity index is 2.54. The molecule has 0 atom stereocenters. The van der Waals surface area contributed by atoms with Crippen LogP contribution >= 0.6 is 0 Å². The van der Waals surface area contributed by atoms with Crippen LogP contribution in [0, 0.1) is 13.8 Å². The van der Waals surface area contributed by atoms with Crippen molar-refractivity contribution in [2.45, 2.75) is 27.2 Å². The molecule has 0 aliphatic heterocycles. The first kappa shape index (κ1) is 12.6. The molecular formula is C18H20. The predicted molar refractivity (Wildman–Crippen MR) is 79.9 cm³/mol. The van der Waals surface area contributed by atoms with Gasteiger partial charge in [0.25, 0.3) is 0 Å². The maximum atomic E-state index is 2.32. The predicted octanol–water partition coefficient (Wildman–Crippen LogP) is 5.09. The monoisotopic (exact) mass is 236 g/mol. The van der Waals surface area contributed by atoms with Gasteiger partial charge in [-0.2, -0.15) is 0 Å². The molecule has 92 valence electrons. The molecule has 0 radical (unpaired) electrons. The fourth-order valence-corrected chi connectivity index (χ4v) is 2.18. The molecule has 18 heavy (non-hydrogen) atoms. The average Bonchev–Trinajstić information content (AvgIpc) is 2.40. The molecule has 0 heterocycles. The average molecular weight is 236 g/mol. The minimum atomic E-state index is 1.00. The van der Waals surface area contributed by atoms with Crippen molar-refractivity contribution in [2.24, 2.45) is 0 Å². The first-order valence-electron chi connectivity index (χ1n) is 6.49. The van der Waals surface area contributed by atoms with Gasteiger partial charge in [-0.05, 0) is 55.0 Å². The molecule has 0 heteroatoms. The normalized spacial score (nSPS) is 11.1. The Morgan fingerprint density at radius 1 is 0.944 bits per heavy atom. The zero-order valence-electron chi connectivity index (χ0n) is 11.4. The van der Waals surface area contributed by atoms with Gasteiger partial charge in [0.2, 0.25) is 0 Å². The Bertz CT molecular complexity index is 548. The summed E-state index contributed by atoms with van der Waals surface area (Å²) in [6, 6.07) is 15.3. The summed E-state index contributed by atoms with van der Waals surface area (Å²) in [4.78, 5) is 0. The van der Waals surface area contributed by atoms with Crippen LogP contribution in [0.5, 0.6) is 0 Å². The second-order valence-electron chi connectivity index (χ2n) is 4.73. The quantitative estimate of drug-likeness (QED) is 0.651. The van der Waals surface area contributed by atoms with E-state index in [9.17, 15) is 0 Å². The van der Waals surface area contributed by atoms with Crippen molar-refractivity contribution in [3.63, 3.8) is 0 Å². The van der Waals surface area contributed by atoms with Gasteiger partial charge >= 0.3 is 0 Å². The number of benzene rings is 2. The van der Waals surface area contributed by atoms with Crippen molar-refractivity contribution in [2.75, 3.05) is 0 Å². The number of allylic oxidation sites excluding steroid dienone is 2. The zero-order chi connectivity index (χ0) is 13.0. The van der Waals surface area contributed by atoms with Crippen LogP contribution in [0.4, 0.5) is 0 Å². The van der Waals surface area contributed by atoms with Crippen molar-refractivity contribution in [1.29, 1.82) is 0 Å². The molecule has 0 amide bonds. The number of hydrogen-bond donors (Lipinski definition) is 0. The summed E-state index contributed by atoms with van der Waals surface area (Å²) in [5.74, 6) is 0. The van der Waals surface area contributed by atoms with Crippen molar-refractivity contribution >= 4 is 0 Å². The number of rotatable bonds is 3. The van der Waals surface area contributed by atoms with E-state index >= 15 is 0 Å². The van der Waals surface area contributed by atoms with Gasteiger partial charge in [0.15, 0.2) is 0 Å². The molecule has 2 aromatic carbocycles. The van der Waals surface area contributed by atoms with Gasteiger partial charge in [0.05, 0.1) is 0 Å². The van der Waals surface area contributed by atoms with Crippen molar-refractivity contribution in [3.8, 4) is 11.1 Å². The maximum absolute atomic E-state index is 2.32. The molecule has 0 aromatic heterocycles. The third kappa shape index (κ3) is 2.70. The molecule has 0 aliphatic rings. The summed E-state index contributed by atoms with van der Waals surface area (Å²) < 4.78 is 0. The van der Waals surface area contributed by atoms with Crippen LogP contribution < -0.4 is 0 Å². The second-order valence-corrected chi connectivity index (χ2v) is 4.73. The second kappa shape index (κ2) is 5.68. The van der Waals surface area contributed by atoms with Gasteiger partial charge in [-0.1, -0.05) is 54.6 Å². The molecule has 0 N–H and O–H groups in total. The topological polar surface area (TPSA) is 0 Å². The van der Waals surface area contributed by atoms with E-state index in [2.05, 4.69) is 75.4 Å². The molecule has 0 aliphatic carbocycles. The van der Waals surface area contributed by atoms with E-state index in [1.54, 1.807) is 0 Å². The highest BCUT2D eigenvalue weighted by Gasteiger charge is 2.06. The molecule has 0 saturated heterocycles. The van der Waals surface area contributed by atoms with E-state index in [1.807, 2.05) is 0 Å². The van der Waals surface area contributed by atoms with Gasteiger partial charge in [-0.25, -0.2) is 0 Å². The highest BCUT2D eigenvalue weighted by Crippen LogP contribution is 2.27. The summed E-state index contributed by atoms with van der Waals surface area (Å²) in [5, 5.41) is 0. The Morgan fingerprint density at radius 3 is 2.28 bits per heavy atom. The zero-order valence-corrected chi connectivity index (χ0v) is 11.4. The van der Waals surface area contributed by atoms with Gasteiger partial charge in [0, 0.05) is 0 Å². The lowest BCUT2D eigenvalue weighted by molar-refractivity contribution is 1.22. The molecule has 0 nitrogen and oxygen atoms in total. The largest absolute Gasteiger partial charge is 0.0913 e. The van der Waals surface area contributed by atoms with Gasteiger partial charge < -0.3 is 0 Å². The summed E-state index contributed by atoms with van der Waals surface area (Å²) in [6.45, 7) is 6.44. The third-order valence-electron chi connectivity index (χ3n) is 3.38. The van der Waals surface area contributed by atoms with E-state index in [4.69, 9.17) is 0 Å². The molecule has 0 bridgehead atoms. The van der Waals surface area contributed by atoms with Crippen LogP contribution in [0.2, 0.25) is 0 Å². The Labute approximate surface area is 110 Å². The number of hydrogen-bond acceptors (Lipinski definition) is 0. The first-order valence-corrected chi connectivity index (χ1v) is 6.49. The standard InChI is InChI=1S/C18H20/c1-4-5-9-17-12-14(2)15(3)13-18(17)16-10-7-6-8-11-16/h4-8,10-13H,9H2,1-3H3/b5-4+. The molecule has 0 fully saturated rings. The smallest absolute Gasteiger partial charge is 0.00913 e. The van der Waals surface area contributed by atoms with Crippen LogP contribution in [0.3, 0.4) is 0 Å². The van der Waals surface area contributed by atoms with Gasteiger partial charge in [0.1, 0.15) is 0 Å². The molecule has 2 aromatic rings. The number of aryl methyl sites for hydroxylation is 2. The lowest BCUT2D eigenvalue weighted by atomic mass is 9.93. The van der Waals surface area contributed by atoms with E-state index in [0.29, 0.717) is 0 Å². The Morgan fingerprint density at radius 2 is 1.61 bits per heavy atom. The maximum Gasteiger partial charge on any atom is -0.00913 e. The van der Waals surface area contributed by atoms with Gasteiger partial charge in [-0.3, -0.25) is 0 Å².